The summed E-state index contributed by atoms with van der Waals surface area (Å²) >= 11 is 6.35. The number of carboxylic acid groups (broad SMARTS) is 1. The molecule has 232 valence electrons. The number of aromatic nitrogens is 4. The first-order chi connectivity index (χ1) is 21.7. The van der Waals surface area contributed by atoms with Gasteiger partial charge >= 0.3 is 12.1 Å². The number of carbonyl (C=O) groups is 1. The Morgan fingerprint density at radius 1 is 1.18 bits per heavy atom. The molecule has 2 aromatic heterocycles. The summed E-state index contributed by atoms with van der Waals surface area (Å²) in [6.45, 7) is -0.382. The van der Waals surface area contributed by atoms with Crippen LogP contribution in [0.2, 0.25) is 5.28 Å². The zero-order chi connectivity index (χ0) is 32.1. The summed E-state index contributed by atoms with van der Waals surface area (Å²) < 4.78 is 13.2. The van der Waals surface area contributed by atoms with Crippen LogP contribution in [0.5, 0.6) is 0 Å². The van der Waals surface area contributed by atoms with E-state index < -0.39 is 36.1 Å². The number of aliphatic carboxylic acids is 1. The van der Waals surface area contributed by atoms with E-state index in [4.69, 9.17) is 37.1 Å². The van der Waals surface area contributed by atoms with E-state index in [0.29, 0.717) is 23.3 Å². The van der Waals surface area contributed by atoms with Crippen molar-refractivity contribution in [2.24, 2.45) is 0 Å². The van der Waals surface area contributed by atoms with Gasteiger partial charge in [-0.3, -0.25) is 4.57 Å². The van der Waals surface area contributed by atoms with Crippen LogP contribution in [0.1, 0.15) is 41.0 Å². The Hall–Kier alpha value is -4.47. The normalized spacial score (nSPS) is 24.2. The number of hydrogen-bond donors (Lipinski definition) is 3. The maximum absolute atomic E-state index is 11.9. The van der Waals surface area contributed by atoms with Crippen molar-refractivity contribution < 1.29 is 39.2 Å². The summed E-state index contributed by atoms with van der Waals surface area (Å²) in [5, 5.41) is 32.2. The number of aliphatic hydroxyl groups is 2. The zero-order valence-corrected chi connectivity index (χ0v) is 24.6. The molecule has 3 N–H and O–H groups in total. The minimum atomic E-state index is -2.18. The minimum absolute atomic E-state index is 0.00956. The van der Waals surface area contributed by atoms with Gasteiger partial charge in [-0.05, 0) is 53.5 Å². The number of aryl methyl sites for hydroxylation is 1. The fourth-order valence-electron chi connectivity index (χ4n) is 5.93. The number of imidazole rings is 1. The Labute approximate surface area is 262 Å². The van der Waals surface area contributed by atoms with E-state index in [1.165, 1.54) is 22.0 Å². The maximum Gasteiger partial charge on any atom is 0.373 e. The number of ether oxygens (including phenoxy) is 2. The molecule has 1 fully saturated rings. The van der Waals surface area contributed by atoms with Gasteiger partial charge in [0, 0.05) is 6.42 Å². The summed E-state index contributed by atoms with van der Waals surface area (Å²) in [7, 11) is 0. The van der Waals surface area contributed by atoms with Gasteiger partial charge in [0.2, 0.25) is 5.28 Å². The maximum atomic E-state index is 11.9. The molecule has 1 saturated heterocycles. The lowest BCUT2D eigenvalue weighted by Gasteiger charge is -2.26. The van der Waals surface area contributed by atoms with Crippen molar-refractivity contribution in [1.29, 1.82) is 0 Å². The average molecular weight is 633 g/mol. The van der Waals surface area contributed by atoms with E-state index in [1.807, 2.05) is 18.2 Å². The number of benzene rings is 2. The molecule has 0 amide bonds. The van der Waals surface area contributed by atoms with Crippen molar-refractivity contribution in [2.75, 3.05) is 6.61 Å². The number of terminal acetylenes is 1. The molecule has 0 saturated carbocycles. The monoisotopic (exact) mass is 632 g/mol. The first kappa shape index (κ1) is 31.9. The molecule has 0 spiro atoms. The molecule has 4 aromatic rings. The first-order valence-electron chi connectivity index (χ1n) is 14.1. The summed E-state index contributed by atoms with van der Waals surface area (Å²) in [4.78, 5) is 41.5. The number of fused-ring (bicyclic) bond motifs is 2. The number of rotatable bonds is 9. The van der Waals surface area contributed by atoms with Gasteiger partial charge in [-0.1, -0.05) is 60.5 Å². The number of halogens is 1. The van der Waals surface area contributed by atoms with Gasteiger partial charge in [0.05, 0.1) is 18.6 Å². The van der Waals surface area contributed by atoms with Gasteiger partial charge in [0.15, 0.2) is 23.6 Å². The van der Waals surface area contributed by atoms with Gasteiger partial charge < -0.3 is 24.8 Å². The number of carbonyl (C=O) groups excluding carboxylic acids is 2. The fourth-order valence-corrected chi connectivity index (χ4v) is 6.11. The van der Waals surface area contributed by atoms with Crippen molar-refractivity contribution >= 4 is 34.9 Å². The molecule has 45 heavy (non-hydrogen) atoms. The van der Waals surface area contributed by atoms with E-state index in [2.05, 4.69) is 33.0 Å². The third kappa shape index (κ3) is 6.50. The second kappa shape index (κ2) is 13.7. The Morgan fingerprint density at radius 3 is 2.60 bits per heavy atom. The number of nitrogens with zero attached hydrogens (tertiary/aromatic N) is 4. The Bertz CT molecular complexity index is 1750. The molecular formula is C32H29ClN4O8. The molecule has 13 heteroatoms. The Kier molecular flexibility index (Phi) is 9.70. The molecule has 1 aliphatic heterocycles. The van der Waals surface area contributed by atoms with Crippen LogP contribution in [0.4, 0.5) is 0 Å². The van der Waals surface area contributed by atoms with Crippen molar-refractivity contribution in [3.8, 4) is 12.3 Å². The lowest BCUT2D eigenvalue weighted by molar-refractivity contribution is -0.191. The van der Waals surface area contributed by atoms with E-state index in [0.717, 1.165) is 18.4 Å². The van der Waals surface area contributed by atoms with Crippen LogP contribution in [0.15, 0.2) is 60.9 Å². The van der Waals surface area contributed by atoms with Crippen LogP contribution in [-0.2, 0) is 43.1 Å². The molecule has 6 rings (SSSR count). The summed E-state index contributed by atoms with van der Waals surface area (Å²) in [5.41, 5.74) is 2.66. The van der Waals surface area contributed by atoms with Gasteiger partial charge in [-0.2, -0.15) is 14.6 Å². The molecule has 12 nitrogen and oxygen atoms in total. The fraction of sp³-hybridized carbons (Fsp3) is 0.344. The highest BCUT2D eigenvalue weighted by Crippen LogP contribution is 2.40. The van der Waals surface area contributed by atoms with Crippen LogP contribution in [-0.4, -0.2) is 77.5 Å². The highest BCUT2D eigenvalue weighted by Gasteiger charge is 2.56. The molecule has 0 radical (unpaired) electrons. The number of carboxylic acids is 1. The van der Waals surface area contributed by atoms with Gasteiger partial charge in [-0.15, -0.1) is 6.42 Å². The average Bonchev–Trinajstić information content (AvgIpc) is 3.71. The smallest absolute Gasteiger partial charge is 0.373 e. The molecule has 2 aromatic carbocycles. The van der Waals surface area contributed by atoms with Crippen LogP contribution in [0.25, 0.3) is 11.2 Å². The van der Waals surface area contributed by atoms with E-state index >= 15 is 0 Å². The second-order valence-corrected chi connectivity index (χ2v) is 11.1. The number of aliphatic hydroxyl groups excluding tert-OH is 1. The highest BCUT2D eigenvalue weighted by molar-refractivity contribution is 6.28. The molecule has 1 aliphatic carbocycles. The predicted molar refractivity (Wildman–Crippen MR) is 158 cm³/mol. The minimum Gasteiger partial charge on any atom is -0.479 e. The predicted octanol–water partition coefficient (Wildman–Crippen LogP) is 2.50. The Balaban J connectivity index is 0.00000128. The molecule has 1 unspecified atom stereocenters. The number of hydrogen-bond acceptors (Lipinski definition) is 10. The van der Waals surface area contributed by atoms with Crippen molar-refractivity contribution in [1.82, 2.24) is 19.5 Å². The second-order valence-electron chi connectivity index (χ2n) is 10.8. The van der Waals surface area contributed by atoms with E-state index in [1.54, 1.807) is 24.3 Å². The first-order valence-corrected chi connectivity index (χ1v) is 14.5. The van der Waals surface area contributed by atoms with Crippen LogP contribution in [0.3, 0.4) is 0 Å². The molecule has 0 bridgehead atoms. The van der Waals surface area contributed by atoms with Gasteiger partial charge in [-0.25, -0.2) is 14.8 Å². The third-order valence-electron chi connectivity index (χ3n) is 8.17. The van der Waals surface area contributed by atoms with E-state index in [-0.39, 0.29) is 30.4 Å². The molecule has 3 heterocycles. The van der Waals surface area contributed by atoms with E-state index in [9.17, 15) is 20.1 Å². The molecule has 2 aliphatic rings. The van der Waals surface area contributed by atoms with Crippen LogP contribution in [0, 0.1) is 12.3 Å². The Morgan fingerprint density at radius 2 is 1.89 bits per heavy atom. The molecule has 6 atom stereocenters. The van der Waals surface area contributed by atoms with Crippen molar-refractivity contribution in [3.05, 3.63) is 88.6 Å². The quantitative estimate of drug-likeness (QED) is 0.183. The van der Waals surface area contributed by atoms with Crippen LogP contribution < -0.4 is 0 Å². The van der Waals surface area contributed by atoms with Gasteiger partial charge in [0.1, 0.15) is 17.7 Å². The van der Waals surface area contributed by atoms with Crippen LogP contribution >= 0.6 is 11.6 Å². The summed E-state index contributed by atoms with van der Waals surface area (Å²) in [6, 6.07) is 17.3. The largest absolute Gasteiger partial charge is 0.479 e. The zero-order valence-electron chi connectivity index (χ0n) is 23.8. The summed E-state index contributed by atoms with van der Waals surface area (Å²) in [6.07, 6.45) is 4.73. The SMILES string of the molecule is C#C[C@@]1(O)[C@@H](COC(Cc2ccccc2)C(=O)O)O[C@@H](n2cnc3c(C[C@@H]4CCc5ccccc54)nc(Cl)nc32)[C@@H]1O.O=C=O. The third-order valence-corrected chi connectivity index (χ3v) is 8.34. The lowest BCUT2D eigenvalue weighted by Crippen LogP contribution is -2.48. The van der Waals surface area contributed by atoms with Gasteiger partial charge in [0.25, 0.3) is 0 Å². The van der Waals surface area contributed by atoms with Crippen molar-refractivity contribution in [3.63, 3.8) is 0 Å². The topological polar surface area (TPSA) is 174 Å². The molecular weight excluding hydrogens is 604 g/mol. The standard InChI is InChI=1S/C31H29ClN4O6.CO2/c1-2-31(40)24(16-41-23(29(38)39)14-18-8-4-3-5-9-18)42-28(26(31)37)36-17-33-25-22(34-30(32)35-27(25)36)15-20-13-12-19-10-6-7-11-21(19)20;2-1-3/h1,3-11,17,20,23-24,26,28,37,40H,12-16H2,(H,38,39);/t20-,23?,24+,26-,28+,31+;/m0./s1. The summed E-state index contributed by atoms with van der Waals surface area (Å²) in [5.74, 6) is 1.30. The van der Waals surface area contributed by atoms with Crippen molar-refractivity contribution in [2.45, 2.75) is 61.7 Å². The lowest BCUT2D eigenvalue weighted by atomic mass is 9.93. The highest BCUT2D eigenvalue weighted by atomic mass is 35.5.